The summed E-state index contributed by atoms with van der Waals surface area (Å²) in [5.74, 6) is 1.41. The topological polar surface area (TPSA) is 74.6 Å². The van der Waals surface area contributed by atoms with Crippen molar-refractivity contribution in [3.05, 3.63) is 36.2 Å². The molecule has 1 heterocycles. The Morgan fingerprint density at radius 3 is 2.50 bits per heavy atom. The van der Waals surface area contributed by atoms with E-state index in [1.165, 1.54) is 4.68 Å². The lowest BCUT2D eigenvalue weighted by Crippen LogP contribution is -2.23. The van der Waals surface area contributed by atoms with Crippen LogP contribution in [0.4, 0.5) is 0 Å². The Kier molecular flexibility index (Phi) is 5.24. The average Bonchev–Trinajstić information content (AvgIpc) is 3.01. The number of nitrogens with one attached hydrogen (secondary N) is 1. The number of nitrogens with zero attached hydrogens (tertiary/aromatic N) is 2. The summed E-state index contributed by atoms with van der Waals surface area (Å²) >= 11 is 0. The molecule has 0 atom stereocenters. The van der Waals surface area contributed by atoms with Gasteiger partial charge in [-0.3, -0.25) is 4.79 Å². The monoisotopic (exact) mass is 305 g/mol. The summed E-state index contributed by atoms with van der Waals surface area (Å²) in [6, 6.07) is 7.00. The molecular weight excluding hydrogens is 286 g/mol. The third-order valence-corrected chi connectivity index (χ3v) is 2.93. The fourth-order valence-corrected chi connectivity index (χ4v) is 1.90. The zero-order valence-electron chi connectivity index (χ0n) is 12.8. The van der Waals surface area contributed by atoms with E-state index in [1.54, 1.807) is 38.6 Å². The molecule has 0 saturated carbocycles. The Labute approximate surface area is 128 Å². The van der Waals surface area contributed by atoms with Crippen molar-refractivity contribution in [2.45, 2.75) is 13.7 Å². The van der Waals surface area contributed by atoms with Crippen LogP contribution in [0.15, 0.2) is 30.5 Å². The van der Waals surface area contributed by atoms with Gasteiger partial charge in [0.15, 0.2) is 18.2 Å². The van der Waals surface area contributed by atoms with Crippen molar-refractivity contribution >= 4 is 5.91 Å². The molecule has 1 aromatic carbocycles. The Balaban J connectivity index is 2.09. The SMILES string of the molecule is CCNC(=O)c1ccn(COc2c(OC)cccc2OC)n1. The first-order valence-corrected chi connectivity index (χ1v) is 6.85. The number of para-hydroxylation sites is 1. The van der Waals surface area contributed by atoms with Gasteiger partial charge in [0.05, 0.1) is 14.2 Å². The third kappa shape index (κ3) is 3.49. The van der Waals surface area contributed by atoms with Crippen LogP contribution in [0.5, 0.6) is 17.2 Å². The molecule has 0 aliphatic heterocycles. The Bertz CT molecular complexity index is 617. The highest BCUT2D eigenvalue weighted by Gasteiger charge is 2.12. The fraction of sp³-hybridized carbons (Fsp3) is 0.333. The van der Waals surface area contributed by atoms with Gasteiger partial charge in [-0.2, -0.15) is 5.10 Å². The predicted molar refractivity (Wildman–Crippen MR) is 80.4 cm³/mol. The second-order valence-corrected chi connectivity index (χ2v) is 4.36. The summed E-state index contributed by atoms with van der Waals surface area (Å²) in [5.41, 5.74) is 0.345. The van der Waals surface area contributed by atoms with Gasteiger partial charge in [0.1, 0.15) is 5.69 Å². The molecule has 0 spiro atoms. The second kappa shape index (κ2) is 7.35. The number of carbonyl (C=O) groups excluding carboxylic acids is 1. The first-order chi connectivity index (χ1) is 10.7. The quantitative estimate of drug-likeness (QED) is 0.842. The van der Waals surface area contributed by atoms with Crippen LogP contribution in [0.3, 0.4) is 0 Å². The molecule has 0 fully saturated rings. The third-order valence-electron chi connectivity index (χ3n) is 2.93. The maximum absolute atomic E-state index is 11.7. The first kappa shape index (κ1) is 15.7. The molecule has 118 valence electrons. The lowest BCUT2D eigenvalue weighted by Gasteiger charge is -2.13. The molecule has 2 rings (SSSR count). The van der Waals surface area contributed by atoms with Gasteiger partial charge in [-0.25, -0.2) is 4.68 Å². The van der Waals surface area contributed by atoms with E-state index >= 15 is 0 Å². The second-order valence-electron chi connectivity index (χ2n) is 4.36. The number of methoxy groups -OCH3 is 2. The largest absolute Gasteiger partial charge is 0.493 e. The highest BCUT2D eigenvalue weighted by molar-refractivity contribution is 5.92. The number of amides is 1. The molecule has 0 bridgehead atoms. The summed E-state index contributed by atoms with van der Waals surface area (Å²) in [6.07, 6.45) is 1.67. The van der Waals surface area contributed by atoms with Crippen molar-refractivity contribution in [2.75, 3.05) is 20.8 Å². The van der Waals surface area contributed by atoms with Crippen LogP contribution >= 0.6 is 0 Å². The summed E-state index contributed by atoms with van der Waals surface area (Å²) in [5, 5.41) is 6.84. The predicted octanol–water partition coefficient (Wildman–Crippen LogP) is 1.69. The van der Waals surface area contributed by atoms with Gasteiger partial charge in [0.2, 0.25) is 5.75 Å². The van der Waals surface area contributed by atoms with Crippen molar-refractivity contribution in [3.63, 3.8) is 0 Å². The van der Waals surface area contributed by atoms with E-state index in [1.807, 2.05) is 13.0 Å². The molecule has 0 radical (unpaired) electrons. The van der Waals surface area contributed by atoms with Crippen molar-refractivity contribution in [1.82, 2.24) is 15.1 Å². The van der Waals surface area contributed by atoms with Crippen LogP contribution in [-0.2, 0) is 6.73 Å². The highest BCUT2D eigenvalue weighted by Crippen LogP contribution is 2.36. The molecule has 7 heteroatoms. The molecular formula is C15H19N3O4. The van der Waals surface area contributed by atoms with Gasteiger partial charge in [-0.15, -0.1) is 0 Å². The number of hydrogen-bond donors (Lipinski definition) is 1. The minimum Gasteiger partial charge on any atom is -0.493 e. The molecule has 0 aliphatic carbocycles. The van der Waals surface area contributed by atoms with Crippen molar-refractivity contribution < 1.29 is 19.0 Å². The molecule has 0 aliphatic rings. The van der Waals surface area contributed by atoms with E-state index in [2.05, 4.69) is 10.4 Å². The molecule has 1 aromatic heterocycles. The number of benzene rings is 1. The zero-order chi connectivity index (χ0) is 15.9. The summed E-state index contributed by atoms with van der Waals surface area (Å²) < 4.78 is 17.7. The minimum atomic E-state index is -0.212. The van der Waals surface area contributed by atoms with E-state index < -0.39 is 0 Å². The lowest BCUT2D eigenvalue weighted by molar-refractivity contribution is 0.0948. The Morgan fingerprint density at radius 1 is 1.23 bits per heavy atom. The van der Waals surface area contributed by atoms with Crippen molar-refractivity contribution in [1.29, 1.82) is 0 Å². The van der Waals surface area contributed by atoms with Crippen LogP contribution in [0.1, 0.15) is 17.4 Å². The Morgan fingerprint density at radius 2 is 1.91 bits per heavy atom. The number of rotatable bonds is 7. The van der Waals surface area contributed by atoms with Gasteiger partial charge < -0.3 is 19.5 Å². The summed E-state index contributed by atoms with van der Waals surface area (Å²) in [7, 11) is 3.12. The van der Waals surface area contributed by atoms with E-state index in [0.29, 0.717) is 29.5 Å². The van der Waals surface area contributed by atoms with Gasteiger partial charge in [-0.05, 0) is 25.1 Å². The molecule has 0 saturated heterocycles. The normalized spacial score (nSPS) is 10.1. The minimum absolute atomic E-state index is 0.135. The maximum atomic E-state index is 11.7. The van der Waals surface area contributed by atoms with Crippen molar-refractivity contribution in [2.24, 2.45) is 0 Å². The van der Waals surface area contributed by atoms with Gasteiger partial charge in [0, 0.05) is 12.7 Å². The molecule has 1 N–H and O–H groups in total. The first-order valence-electron chi connectivity index (χ1n) is 6.85. The number of carbonyl (C=O) groups is 1. The summed E-state index contributed by atoms with van der Waals surface area (Å²) in [6.45, 7) is 2.54. The van der Waals surface area contributed by atoms with Crippen molar-refractivity contribution in [3.8, 4) is 17.2 Å². The molecule has 2 aromatic rings. The number of hydrogen-bond acceptors (Lipinski definition) is 5. The fourth-order valence-electron chi connectivity index (χ4n) is 1.90. The number of aromatic nitrogens is 2. The smallest absolute Gasteiger partial charge is 0.271 e. The van der Waals surface area contributed by atoms with Crippen LogP contribution in [0.25, 0.3) is 0 Å². The molecule has 22 heavy (non-hydrogen) atoms. The lowest BCUT2D eigenvalue weighted by atomic mass is 10.3. The maximum Gasteiger partial charge on any atom is 0.271 e. The van der Waals surface area contributed by atoms with Crippen LogP contribution in [-0.4, -0.2) is 36.5 Å². The van der Waals surface area contributed by atoms with E-state index in [0.717, 1.165) is 0 Å². The molecule has 1 amide bonds. The van der Waals surface area contributed by atoms with E-state index in [4.69, 9.17) is 14.2 Å². The van der Waals surface area contributed by atoms with Gasteiger partial charge in [0.25, 0.3) is 5.91 Å². The van der Waals surface area contributed by atoms with E-state index in [9.17, 15) is 4.79 Å². The highest BCUT2D eigenvalue weighted by atomic mass is 16.5. The van der Waals surface area contributed by atoms with Gasteiger partial charge in [-0.1, -0.05) is 6.07 Å². The van der Waals surface area contributed by atoms with Gasteiger partial charge >= 0.3 is 0 Å². The zero-order valence-corrected chi connectivity index (χ0v) is 12.8. The van der Waals surface area contributed by atoms with Crippen LogP contribution in [0, 0.1) is 0 Å². The standard InChI is InChI=1S/C15H19N3O4/c1-4-16-15(19)11-8-9-18(17-11)10-22-14-12(20-2)6-5-7-13(14)21-3/h5-9H,4,10H2,1-3H3,(H,16,19). The Hall–Kier alpha value is -2.70. The van der Waals surface area contributed by atoms with Crippen LogP contribution in [0.2, 0.25) is 0 Å². The molecule has 7 nitrogen and oxygen atoms in total. The summed E-state index contributed by atoms with van der Waals surface area (Å²) in [4.78, 5) is 11.7. The number of ether oxygens (including phenoxy) is 3. The average molecular weight is 305 g/mol. The van der Waals surface area contributed by atoms with Crippen LogP contribution < -0.4 is 19.5 Å². The molecule has 0 unspecified atom stereocenters. The van der Waals surface area contributed by atoms with E-state index in [-0.39, 0.29) is 12.6 Å².